The number of benzene rings is 2. The Morgan fingerprint density at radius 1 is 1.05 bits per heavy atom. The van der Waals surface area contributed by atoms with E-state index in [0.29, 0.717) is 11.1 Å². The maximum Gasteiger partial charge on any atom is 0.573 e. The summed E-state index contributed by atoms with van der Waals surface area (Å²) < 4.78 is 58.1. The van der Waals surface area contributed by atoms with E-state index in [1.54, 1.807) is 30.3 Å². The number of halogens is 4. The highest BCUT2D eigenvalue weighted by atomic mass is 19.4. The fraction of sp³-hybridized carbons (Fsp3) is 0.250. The van der Waals surface area contributed by atoms with Gasteiger partial charge in [-0.05, 0) is 35.7 Å². The topological polar surface area (TPSA) is 140 Å². The van der Waals surface area contributed by atoms with Crippen LogP contribution in [0.4, 0.5) is 23.2 Å². The summed E-state index contributed by atoms with van der Waals surface area (Å²) in [7, 11) is 0. The molecule has 11 nitrogen and oxygen atoms in total. The van der Waals surface area contributed by atoms with Crippen molar-refractivity contribution < 1.29 is 37.0 Å². The second-order valence-corrected chi connectivity index (χ2v) is 9.34. The molecule has 0 aliphatic carbocycles. The Bertz CT molecular complexity index is 1610. The third-order valence-electron chi connectivity index (χ3n) is 6.05. The van der Waals surface area contributed by atoms with E-state index in [1.165, 1.54) is 35.2 Å². The molecule has 0 saturated carbocycles. The highest BCUT2D eigenvalue weighted by molar-refractivity contribution is 5.94. The zero-order chi connectivity index (χ0) is 31.0. The van der Waals surface area contributed by atoms with Crippen LogP contribution in [0.5, 0.6) is 5.75 Å². The van der Waals surface area contributed by atoms with E-state index in [9.17, 15) is 37.1 Å². The number of rotatable bonds is 12. The van der Waals surface area contributed by atoms with E-state index in [2.05, 4.69) is 25.7 Å². The number of nitrogens with zero attached hydrogens (tertiary/aromatic N) is 4. The second-order valence-electron chi connectivity index (χ2n) is 9.34. The Balaban J connectivity index is 1.24. The number of aliphatic hydroxyl groups is 1. The number of hydrogen-bond acceptors (Lipinski definition) is 7. The first-order valence-electron chi connectivity index (χ1n) is 12.9. The van der Waals surface area contributed by atoms with Gasteiger partial charge in [0.2, 0.25) is 0 Å². The summed E-state index contributed by atoms with van der Waals surface area (Å²) in [5, 5.41) is 22.6. The molecular weight excluding hydrogens is 576 g/mol. The van der Waals surface area contributed by atoms with Crippen molar-refractivity contribution in [3.63, 3.8) is 0 Å². The second kappa shape index (κ2) is 13.7. The predicted molar refractivity (Wildman–Crippen MR) is 145 cm³/mol. The van der Waals surface area contributed by atoms with Crippen molar-refractivity contribution in [1.82, 2.24) is 24.9 Å². The molecule has 43 heavy (non-hydrogen) atoms. The molecule has 0 aliphatic rings. The number of amides is 2. The maximum absolute atomic E-state index is 14.7. The molecule has 0 saturated heterocycles. The fourth-order valence-electron chi connectivity index (χ4n) is 3.96. The van der Waals surface area contributed by atoms with E-state index < -0.39 is 41.8 Å². The molecule has 0 aliphatic heterocycles. The molecule has 4 rings (SSSR count). The number of alkyl halides is 4. The van der Waals surface area contributed by atoms with Gasteiger partial charge >= 0.3 is 6.36 Å². The summed E-state index contributed by atoms with van der Waals surface area (Å²) in [5.41, 5.74) is 0.303. The molecule has 0 radical (unpaired) electrons. The molecule has 0 bridgehead atoms. The summed E-state index contributed by atoms with van der Waals surface area (Å²) in [4.78, 5) is 37.1. The number of hydrogen-bond donors (Lipinski definition) is 3. The predicted octanol–water partition coefficient (Wildman–Crippen LogP) is 3.37. The first-order valence-corrected chi connectivity index (χ1v) is 12.9. The molecule has 15 heteroatoms. The molecule has 1 unspecified atom stereocenters. The van der Waals surface area contributed by atoms with Crippen LogP contribution >= 0.6 is 0 Å². The molecule has 4 aromatic rings. The van der Waals surface area contributed by atoms with Crippen molar-refractivity contribution >= 4 is 17.5 Å². The van der Waals surface area contributed by atoms with Crippen LogP contribution in [0.3, 0.4) is 0 Å². The number of carbonyl (C=O) groups excluding carboxylic acids is 2. The van der Waals surface area contributed by atoms with Crippen molar-refractivity contribution in [2.75, 3.05) is 5.32 Å². The number of aliphatic hydroxyl groups excluding tert-OH is 1. The number of aryl methyl sites for hydroxylation is 1. The lowest BCUT2D eigenvalue weighted by Crippen LogP contribution is -2.25. The molecular formula is C28H26F4N6O5. The summed E-state index contributed by atoms with van der Waals surface area (Å²) in [5.74, 6) is -1.81. The van der Waals surface area contributed by atoms with Crippen LogP contribution in [0.25, 0.3) is 0 Å². The lowest BCUT2D eigenvalue weighted by Gasteiger charge is -2.13. The number of carbonyl (C=O) groups is 2. The average Bonchev–Trinajstić information content (AvgIpc) is 3.43. The van der Waals surface area contributed by atoms with Crippen LogP contribution in [-0.4, -0.2) is 49.0 Å². The summed E-state index contributed by atoms with van der Waals surface area (Å²) in [6, 6.07) is 16.0. The van der Waals surface area contributed by atoms with Gasteiger partial charge in [-0.25, -0.2) is 9.07 Å². The van der Waals surface area contributed by atoms with Crippen molar-refractivity contribution in [3.05, 3.63) is 106 Å². The summed E-state index contributed by atoms with van der Waals surface area (Å²) in [6.07, 6.45) is -5.18. The van der Waals surface area contributed by atoms with E-state index in [0.717, 1.165) is 22.9 Å². The van der Waals surface area contributed by atoms with Gasteiger partial charge in [0.25, 0.3) is 17.4 Å². The van der Waals surface area contributed by atoms with E-state index in [-0.39, 0.29) is 37.4 Å². The van der Waals surface area contributed by atoms with E-state index >= 15 is 0 Å². The number of ether oxygens (including phenoxy) is 1. The Morgan fingerprint density at radius 3 is 2.53 bits per heavy atom. The van der Waals surface area contributed by atoms with Crippen molar-refractivity contribution in [2.45, 2.75) is 44.7 Å². The Kier molecular flexibility index (Phi) is 9.87. The Labute approximate surface area is 241 Å². The Hall–Kier alpha value is -5.05. The van der Waals surface area contributed by atoms with Gasteiger partial charge in [0.15, 0.2) is 11.8 Å². The fourth-order valence-corrected chi connectivity index (χ4v) is 3.96. The molecule has 226 valence electrons. The van der Waals surface area contributed by atoms with Crippen LogP contribution in [0, 0.1) is 0 Å². The number of aromatic nitrogens is 4. The molecule has 0 fully saturated rings. The summed E-state index contributed by atoms with van der Waals surface area (Å²) in [6.45, 7) is -0.352. The van der Waals surface area contributed by atoms with Gasteiger partial charge < -0.3 is 25.0 Å². The zero-order valence-electron chi connectivity index (χ0n) is 22.4. The van der Waals surface area contributed by atoms with Gasteiger partial charge in [-0.2, -0.15) is 0 Å². The minimum atomic E-state index is -4.84. The van der Waals surface area contributed by atoms with Gasteiger partial charge in [0.1, 0.15) is 11.9 Å². The van der Waals surface area contributed by atoms with Crippen molar-refractivity contribution in [3.8, 4) is 5.75 Å². The third kappa shape index (κ3) is 9.22. The zero-order valence-corrected chi connectivity index (χ0v) is 22.4. The van der Waals surface area contributed by atoms with Crippen LogP contribution in [0.1, 0.15) is 34.1 Å². The normalized spacial score (nSPS) is 12.8. The first kappa shape index (κ1) is 30.9. The SMILES string of the molecule is O=C(NCc1cccc(OC(F)(F)F)c1)c1cn(CC(F)CCn2ccc(NC(=O)[C@H](O)c3ccccc3)cc2=O)nn1. The standard InChI is InChI=1S/C28H26F4N6O5/c29-20(9-11-37-12-10-21(14-24(37)39)34-27(42)25(40)19-6-2-1-3-7-19)16-38-17-23(35-36-38)26(41)33-15-18-5-4-8-22(13-18)43-28(30,31)32/h1-8,10,12-14,17,20,25,40H,9,11,15-16H2,(H,33,41)(H,34,42)/t20?,25-/m1/s1. The monoisotopic (exact) mass is 602 g/mol. The van der Waals surface area contributed by atoms with E-state index in [4.69, 9.17) is 0 Å². The molecule has 2 amide bonds. The lowest BCUT2D eigenvalue weighted by atomic mass is 10.1. The van der Waals surface area contributed by atoms with Crippen LogP contribution in [0.2, 0.25) is 0 Å². The van der Waals surface area contributed by atoms with Gasteiger partial charge in [-0.15, -0.1) is 18.3 Å². The lowest BCUT2D eigenvalue weighted by molar-refractivity contribution is -0.274. The molecule has 2 aromatic carbocycles. The highest BCUT2D eigenvalue weighted by Gasteiger charge is 2.31. The minimum absolute atomic E-state index is 0.0139. The third-order valence-corrected chi connectivity index (χ3v) is 6.05. The van der Waals surface area contributed by atoms with Gasteiger partial charge in [-0.3, -0.25) is 14.4 Å². The van der Waals surface area contributed by atoms with E-state index in [1.807, 2.05) is 0 Å². The first-order chi connectivity index (χ1) is 20.5. The van der Waals surface area contributed by atoms with Crippen molar-refractivity contribution in [1.29, 1.82) is 0 Å². The Morgan fingerprint density at radius 2 is 1.81 bits per heavy atom. The molecule has 0 spiro atoms. The molecule has 2 aromatic heterocycles. The minimum Gasteiger partial charge on any atom is -0.406 e. The molecule has 2 atom stereocenters. The van der Waals surface area contributed by atoms with Crippen LogP contribution in [-0.2, 0) is 24.4 Å². The van der Waals surface area contributed by atoms with Gasteiger partial charge in [0, 0.05) is 31.0 Å². The number of anilines is 1. The maximum atomic E-state index is 14.7. The smallest absolute Gasteiger partial charge is 0.406 e. The average molecular weight is 603 g/mol. The quantitative estimate of drug-likeness (QED) is 0.211. The largest absolute Gasteiger partial charge is 0.573 e. The van der Waals surface area contributed by atoms with Crippen LogP contribution < -0.4 is 20.9 Å². The number of pyridine rings is 1. The molecule has 3 N–H and O–H groups in total. The highest BCUT2D eigenvalue weighted by Crippen LogP contribution is 2.23. The number of nitrogens with one attached hydrogen (secondary N) is 2. The molecule has 2 heterocycles. The van der Waals surface area contributed by atoms with Crippen LogP contribution in [0.15, 0.2) is 83.9 Å². The van der Waals surface area contributed by atoms with Crippen molar-refractivity contribution in [2.24, 2.45) is 0 Å². The summed E-state index contributed by atoms with van der Waals surface area (Å²) >= 11 is 0. The van der Waals surface area contributed by atoms with Gasteiger partial charge in [-0.1, -0.05) is 47.7 Å². The van der Waals surface area contributed by atoms with Gasteiger partial charge in [0.05, 0.1) is 12.7 Å².